The molecule has 7 nitrogen and oxygen atoms in total. The monoisotopic (exact) mass is 344 g/mol. The maximum atomic E-state index is 12.6. The molecule has 0 N–H and O–H groups in total. The van der Waals surface area contributed by atoms with Crippen molar-refractivity contribution in [3.8, 4) is 0 Å². The lowest BCUT2D eigenvalue weighted by atomic mass is 10.1. The van der Waals surface area contributed by atoms with Crippen LogP contribution in [-0.2, 0) is 11.2 Å². The van der Waals surface area contributed by atoms with Crippen molar-refractivity contribution in [2.75, 3.05) is 32.7 Å². The van der Waals surface area contributed by atoms with Gasteiger partial charge in [0, 0.05) is 50.5 Å². The SMILES string of the molecule is Cc1nc2ncnn2c(C)c1CCC(=O)N1CCN(CC(C)C)CC1. The number of fused-ring (bicyclic) bond motifs is 1. The van der Waals surface area contributed by atoms with Gasteiger partial charge in [-0.05, 0) is 31.7 Å². The first-order chi connectivity index (χ1) is 12.0. The van der Waals surface area contributed by atoms with Crippen LogP contribution in [0.4, 0.5) is 0 Å². The Kier molecular flexibility index (Phi) is 5.32. The lowest BCUT2D eigenvalue weighted by Crippen LogP contribution is -2.49. The van der Waals surface area contributed by atoms with E-state index in [0.717, 1.165) is 49.7 Å². The highest BCUT2D eigenvalue weighted by atomic mass is 16.2. The van der Waals surface area contributed by atoms with Crippen molar-refractivity contribution in [1.82, 2.24) is 29.4 Å². The molecule has 0 unspecified atom stereocenters. The minimum atomic E-state index is 0.238. The molecule has 1 aliphatic heterocycles. The zero-order valence-electron chi connectivity index (χ0n) is 15.7. The fourth-order valence-electron chi connectivity index (χ4n) is 3.60. The smallest absolute Gasteiger partial charge is 0.252 e. The molecule has 1 aliphatic rings. The van der Waals surface area contributed by atoms with Crippen LogP contribution in [0, 0.1) is 19.8 Å². The summed E-state index contributed by atoms with van der Waals surface area (Å²) in [4.78, 5) is 25.7. The number of amides is 1. The molecule has 136 valence electrons. The molecule has 0 spiro atoms. The first-order valence-corrected chi connectivity index (χ1v) is 9.11. The Morgan fingerprint density at radius 2 is 1.92 bits per heavy atom. The number of aromatic nitrogens is 4. The van der Waals surface area contributed by atoms with E-state index in [0.29, 0.717) is 24.5 Å². The van der Waals surface area contributed by atoms with Crippen LogP contribution in [0.25, 0.3) is 5.78 Å². The number of rotatable bonds is 5. The highest BCUT2D eigenvalue weighted by Gasteiger charge is 2.22. The average Bonchev–Trinajstić information content (AvgIpc) is 3.03. The number of hydrogen-bond acceptors (Lipinski definition) is 5. The van der Waals surface area contributed by atoms with Gasteiger partial charge in [-0.3, -0.25) is 9.69 Å². The Balaban J connectivity index is 1.58. The second kappa shape index (κ2) is 7.47. The number of hydrogen-bond donors (Lipinski definition) is 0. The molecule has 0 atom stereocenters. The van der Waals surface area contributed by atoms with Gasteiger partial charge in [0.25, 0.3) is 5.78 Å². The van der Waals surface area contributed by atoms with Crippen molar-refractivity contribution in [1.29, 1.82) is 0 Å². The van der Waals surface area contributed by atoms with Gasteiger partial charge in [-0.1, -0.05) is 13.8 Å². The summed E-state index contributed by atoms with van der Waals surface area (Å²) in [6.45, 7) is 13.2. The normalized spacial score (nSPS) is 16.1. The molecule has 1 saturated heterocycles. The minimum Gasteiger partial charge on any atom is -0.340 e. The molecule has 3 rings (SSSR count). The van der Waals surface area contributed by atoms with E-state index < -0.39 is 0 Å². The Bertz CT molecular complexity index is 745. The van der Waals surface area contributed by atoms with Crippen LogP contribution >= 0.6 is 0 Å². The highest BCUT2D eigenvalue weighted by Crippen LogP contribution is 2.16. The molecule has 2 aromatic heterocycles. The summed E-state index contributed by atoms with van der Waals surface area (Å²) >= 11 is 0. The first kappa shape index (κ1) is 17.8. The van der Waals surface area contributed by atoms with Crippen molar-refractivity contribution >= 4 is 11.7 Å². The van der Waals surface area contributed by atoms with Gasteiger partial charge in [0.15, 0.2) is 0 Å². The molecule has 0 aromatic carbocycles. The summed E-state index contributed by atoms with van der Waals surface area (Å²) in [6.07, 6.45) is 2.74. The van der Waals surface area contributed by atoms with Crippen LogP contribution in [0.2, 0.25) is 0 Å². The third-order valence-electron chi connectivity index (χ3n) is 4.93. The van der Waals surface area contributed by atoms with Crippen molar-refractivity contribution in [3.63, 3.8) is 0 Å². The number of nitrogens with zero attached hydrogens (tertiary/aromatic N) is 6. The number of piperazine rings is 1. The van der Waals surface area contributed by atoms with Crippen molar-refractivity contribution in [2.24, 2.45) is 5.92 Å². The predicted molar refractivity (Wildman–Crippen MR) is 96.4 cm³/mol. The van der Waals surface area contributed by atoms with Gasteiger partial charge in [0.05, 0.1) is 0 Å². The summed E-state index contributed by atoms with van der Waals surface area (Å²) in [7, 11) is 0. The Hall–Kier alpha value is -2.02. The summed E-state index contributed by atoms with van der Waals surface area (Å²) in [5, 5.41) is 4.21. The highest BCUT2D eigenvalue weighted by molar-refractivity contribution is 5.76. The average molecular weight is 344 g/mol. The predicted octanol–water partition coefficient (Wildman–Crippen LogP) is 1.47. The molecule has 1 fully saturated rings. The zero-order chi connectivity index (χ0) is 18.0. The quantitative estimate of drug-likeness (QED) is 0.822. The van der Waals surface area contributed by atoms with Crippen LogP contribution in [0.5, 0.6) is 0 Å². The molecule has 0 saturated carbocycles. The van der Waals surface area contributed by atoms with Crippen LogP contribution in [0.1, 0.15) is 37.2 Å². The largest absolute Gasteiger partial charge is 0.340 e. The van der Waals surface area contributed by atoms with Gasteiger partial charge >= 0.3 is 0 Å². The molecule has 1 amide bonds. The van der Waals surface area contributed by atoms with Gasteiger partial charge < -0.3 is 4.90 Å². The molecule has 7 heteroatoms. The lowest BCUT2D eigenvalue weighted by molar-refractivity contribution is -0.132. The van der Waals surface area contributed by atoms with Crippen molar-refractivity contribution < 1.29 is 4.79 Å². The third kappa shape index (κ3) is 3.98. The van der Waals surface area contributed by atoms with Gasteiger partial charge in [0.2, 0.25) is 5.91 Å². The lowest BCUT2D eigenvalue weighted by Gasteiger charge is -2.35. The molecule has 0 bridgehead atoms. The Morgan fingerprint density at radius 1 is 1.20 bits per heavy atom. The van der Waals surface area contributed by atoms with E-state index in [4.69, 9.17) is 0 Å². The molecular formula is C18H28N6O. The summed E-state index contributed by atoms with van der Waals surface area (Å²) < 4.78 is 1.75. The van der Waals surface area contributed by atoms with Crippen LogP contribution in [-0.4, -0.2) is 68.0 Å². The zero-order valence-corrected chi connectivity index (χ0v) is 15.7. The van der Waals surface area contributed by atoms with E-state index >= 15 is 0 Å². The second-order valence-corrected chi connectivity index (χ2v) is 7.31. The number of carbonyl (C=O) groups excluding carboxylic acids is 1. The van der Waals surface area contributed by atoms with E-state index in [1.165, 1.54) is 6.33 Å². The van der Waals surface area contributed by atoms with Gasteiger partial charge in [0.1, 0.15) is 6.33 Å². The van der Waals surface area contributed by atoms with E-state index in [2.05, 4.69) is 33.8 Å². The molecule has 0 aliphatic carbocycles. The molecule has 0 radical (unpaired) electrons. The molecule has 3 heterocycles. The van der Waals surface area contributed by atoms with E-state index in [-0.39, 0.29) is 5.91 Å². The summed E-state index contributed by atoms with van der Waals surface area (Å²) in [5.41, 5.74) is 3.06. The maximum absolute atomic E-state index is 12.6. The van der Waals surface area contributed by atoms with Crippen molar-refractivity contribution in [2.45, 2.75) is 40.5 Å². The van der Waals surface area contributed by atoms with Crippen LogP contribution in [0.15, 0.2) is 6.33 Å². The fraction of sp³-hybridized carbons (Fsp3) is 0.667. The molecule has 25 heavy (non-hydrogen) atoms. The van der Waals surface area contributed by atoms with E-state index in [1.54, 1.807) is 4.52 Å². The number of aryl methyl sites for hydroxylation is 2. The first-order valence-electron chi connectivity index (χ1n) is 9.11. The van der Waals surface area contributed by atoms with E-state index in [9.17, 15) is 4.79 Å². The number of carbonyl (C=O) groups is 1. The maximum Gasteiger partial charge on any atom is 0.252 e. The van der Waals surface area contributed by atoms with Crippen LogP contribution < -0.4 is 0 Å². The third-order valence-corrected chi connectivity index (χ3v) is 4.93. The fourth-order valence-corrected chi connectivity index (χ4v) is 3.60. The standard InChI is InChI=1S/C18H28N6O/c1-13(2)11-22-7-9-23(10-8-22)17(25)6-5-16-14(3)21-18-19-12-20-24(18)15(16)4/h12-13H,5-11H2,1-4H3. The topological polar surface area (TPSA) is 66.6 Å². The summed E-state index contributed by atoms with van der Waals surface area (Å²) in [5.74, 6) is 1.53. The Morgan fingerprint density at radius 3 is 2.60 bits per heavy atom. The molecular weight excluding hydrogens is 316 g/mol. The Labute approximate surface area is 149 Å². The van der Waals surface area contributed by atoms with Crippen molar-refractivity contribution in [3.05, 3.63) is 23.3 Å². The van der Waals surface area contributed by atoms with Gasteiger partial charge in [-0.15, -0.1) is 0 Å². The van der Waals surface area contributed by atoms with Gasteiger partial charge in [-0.25, -0.2) is 9.50 Å². The second-order valence-electron chi connectivity index (χ2n) is 7.31. The summed E-state index contributed by atoms with van der Waals surface area (Å²) in [6, 6.07) is 0. The van der Waals surface area contributed by atoms with Crippen LogP contribution in [0.3, 0.4) is 0 Å². The minimum absolute atomic E-state index is 0.238. The van der Waals surface area contributed by atoms with E-state index in [1.807, 2.05) is 18.7 Å². The molecule has 2 aromatic rings. The van der Waals surface area contributed by atoms with Gasteiger partial charge in [-0.2, -0.15) is 10.1 Å².